The predicted octanol–water partition coefficient (Wildman–Crippen LogP) is 1.86. The van der Waals surface area contributed by atoms with Gasteiger partial charge in [-0.15, -0.1) is 0 Å². The third-order valence-corrected chi connectivity index (χ3v) is 4.21. The summed E-state index contributed by atoms with van der Waals surface area (Å²) < 4.78 is 31.7. The second-order valence-corrected chi connectivity index (χ2v) is 6.81. The van der Waals surface area contributed by atoms with Crippen molar-refractivity contribution >= 4 is 16.0 Å². The molecule has 0 spiro atoms. The second-order valence-electron chi connectivity index (χ2n) is 5.04. The minimum Gasteiger partial charge on any atom is -0.493 e. The van der Waals surface area contributed by atoms with Crippen LogP contribution in [0.4, 0.5) is 0 Å². The normalized spacial score (nSPS) is 11.6. The van der Waals surface area contributed by atoms with E-state index in [1.807, 2.05) is 13.8 Å². The lowest BCUT2D eigenvalue weighted by molar-refractivity contribution is -0.137. The summed E-state index contributed by atoms with van der Waals surface area (Å²) in [7, 11) is -3.51. The molecule has 118 valence electrons. The van der Waals surface area contributed by atoms with Crippen LogP contribution >= 0.6 is 0 Å². The quantitative estimate of drug-likeness (QED) is 0.725. The molecule has 0 saturated carbocycles. The highest BCUT2D eigenvalue weighted by Crippen LogP contribution is 2.16. The Morgan fingerprint density at radius 1 is 1.29 bits per heavy atom. The van der Waals surface area contributed by atoms with Crippen molar-refractivity contribution in [1.82, 2.24) is 4.72 Å². The smallest absolute Gasteiger partial charge is 0.306 e. The summed E-state index contributed by atoms with van der Waals surface area (Å²) in [5.41, 5.74) is 0. The van der Waals surface area contributed by atoms with Gasteiger partial charge in [0, 0.05) is 6.54 Å². The van der Waals surface area contributed by atoms with Gasteiger partial charge >= 0.3 is 5.97 Å². The van der Waals surface area contributed by atoms with Crippen molar-refractivity contribution in [3.63, 3.8) is 0 Å². The van der Waals surface area contributed by atoms with Crippen LogP contribution in [0.1, 0.15) is 26.7 Å². The van der Waals surface area contributed by atoms with Gasteiger partial charge in [0.1, 0.15) is 5.75 Å². The van der Waals surface area contributed by atoms with Gasteiger partial charge in [0.15, 0.2) is 0 Å². The van der Waals surface area contributed by atoms with Crippen molar-refractivity contribution in [3.05, 3.63) is 24.3 Å². The Hall–Kier alpha value is -1.60. The molecule has 6 nitrogen and oxygen atoms in total. The van der Waals surface area contributed by atoms with E-state index in [0.29, 0.717) is 18.2 Å². The molecular formula is C14H21NO5S. The van der Waals surface area contributed by atoms with E-state index in [1.54, 1.807) is 0 Å². The summed E-state index contributed by atoms with van der Waals surface area (Å²) in [6, 6.07) is 5.90. The molecule has 0 aromatic heterocycles. The van der Waals surface area contributed by atoms with E-state index < -0.39 is 16.0 Å². The van der Waals surface area contributed by atoms with Crippen LogP contribution in [0.3, 0.4) is 0 Å². The monoisotopic (exact) mass is 315 g/mol. The molecular weight excluding hydrogens is 294 g/mol. The lowest BCUT2D eigenvalue weighted by Gasteiger charge is -2.09. The summed E-state index contributed by atoms with van der Waals surface area (Å²) in [4.78, 5) is 10.5. The molecule has 0 heterocycles. The van der Waals surface area contributed by atoms with Gasteiger partial charge in [-0.1, -0.05) is 13.8 Å². The molecule has 0 amide bonds. The molecule has 2 N–H and O–H groups in total. The third-order valence-electron chi connectivity index (χ3n) is 2.73. The zero-order chi connectivity index (χ0) is 15.9. The van der Waals surface area contributed by atoms with Crippen LogP contribution in [0.2, 0.25) is 0 Å². The number of hydrogen-bond donors (Lipinski definition) is 2. The van der Waals surface area contributed by atoms with Gasteiger partial charge in [-0.3, -0.25) is 4.79 Å². The predicted molar refractivity (Wildman–Crippen MR) is 78.8 cm³/mol. The van der Waals surface area contributed by atoms with Gasteiger partial charge in [0.05, 0.1) is 17.9 Å². The maximum Gasteiger partial charge on any atom is 0.306 e. The molecule has 0 unspecified atom stereocenters. The van der Waals surface area contributed by atoms with E-state index in [0.717, 1.165) is 6.42 Å². The van der Waals surface area contributed by atoms with Crippen molar-refractivity contribution in [1.29, 1.82) is 0 Å². The zero-order valence-electron chi connectivity index (χ0n) is 12.2. The largest absolute Gasteiger partial charge is 0.493 e. The summed E-state index contributed by atoms with van der Waals surface area (Å²) in [6.07, 6.45) is 0.673. The minimum absolute atomic E-state index is 0.0497. The fourth-order valence-electron chi connectivity index (χ4n) is 1.54. The summed E-state index contributed by atoms with van der Waals surface area (Å²) in [6.45, 7) is 4.50. The Morgan fingerprint density at radius 3 is 2.43 bits per heavy atom. The molecule has 0 atom stereocenters. The second kappa shape index (κ2) is 7.99. The van der Waals surface area contributed by atoms with Crippen molar-refractivity contribution in [2.24, 2.45) is 5.92 Å². The molecule has 0 aliphatic carbocycles. The fraction of sp³-hybridized carbons (Fsp3) is 0.500. The molecule has 7 heteroatoms. The van der Waals surface area contributed by atoms with Crippen LogP contribution in [0, 0.1) is 5.92 Å². The number of rotatable bonds is 9. The number of nitrogens with one attached hydrogen (secondary N) is 1. The number of hydrogen-bond acceptors (Lipinski definition) is 4. The zero-order valence-corrected chi connectivity index (χ0v) is 13.0. The van der Waals surface area contributed by atoms with Gasteiger partial charge in [-0.2, -0.15) is 0 Å². The molecule has 0 bridgehead atoms. The summed E-state index contributed by atoms with van der Waals surface area (Å²) in [5, 5.41) is 8.50. The van der Waals surface area contributed by atoms with E-state index in [2.05, 4.69) is 4.72 Å². The van der Waals surface area contributed by atoms with Crippen LogP contribution in [0.15, 0.2) is 29.2 Å². The Balaban J connectivity index is 2.57. The van der Waals surface area contributed by atoms with Crippen LogP contribution < -0.4 is 9.46 Å². The lowest BCUT2D eigenvalue weighted by Crippen LogP contribution is -2.25. The molecule has 0 aliphatic rings. The maximum absolute atomic E-state index is 12.0. The Morgan fingerprint density at radius 2 is 1.90 bits per heavy atom. The van der Waals surface area contributed by atoms with Crippen molar-refractivity contribution in [3.8, 4) is 5.75 Å². The number of carbonyl (C=O) groups is 1. The molecule has 0 saturated heterocycles. The van der Waals surface area contributed by atoms with Crippen molar-refractivity contribution in [2.45, 2.75) is 31.6 Å². The number of carboxylic acids is 1. The Bertz CT molecular complexity index is 551. The van der Waals surface area contributed by atoms with E-state index in [4.69, 9.17) is 9.84 Å². The van der Waals surface area contributed by atoms with Crippen LogP contribution in [0.5, 0.6) is 5.75 Å². The van der Waals surface area contributed by atoms with E-state index in [9.17, 15) is 13.2 Å². The van der Waals surface area contributed by atoms with Crippen LogP contribution in [0.25, 0.3) is 0 Å². The molecule has 0 aliphatic heterocycles. The van der Waals surface area contributed by atoms with E-state index in [-0.39, 0.29) is 17.9 Å². The highest BCUT2D eigenvalue weighted by atomic mass is 32.2. The third kappa shape index (κ3) is 6.59. The van der Waals surface area contributed by atoms with Gasteiger partial charge < -0.3 is 9.84 Å². The maximum atomic E-state index is 12.0. The molecule has 0 radical (unpaired) electrons. The first-order valence-corrected chi connectivity index (χ1v) is 8.24. The Labute approximate surface area is 125 Å². The van der Waals surface area contributed by atoms with Gasteiger partial charge in [-0.25, -0.2) is 13.1 Å². The van der Waals surface area contributed by atoms with E-state index in [1.165, 1.54) is 24.3 Å². The van der Waals surface area contributed by atoms with Crippen LogP contribution in [-0.4, -0.2) is 32.6 Å². The van der Waals surface area contributed by atoms with Gasteiger partial charge in [0.25, 0.3) is 0 Å². The number of ether oxygens (including phenoxy) is 1. The number of aliphatic carboxylic acids is 1. The first-order chi connectivity index (χ1) is 9.81. The SMILES string of the molecule is CC(C)CCNS(=O)(=O)c1ccc(OCCC(=O)O)cc1. The topological polar surface area (TPSA) is 92.7 Å². The molecule has 1 rings (SSSR count). The van der Waals surface area contributed by atoms with Crippen LogP contribution in [-0.2, 0) is 14.8 Å². The van der Waals surface area contributed by atoms with Gasteiger partial charge in [0.2, 0.25) is 10.0 Å². The average molecular weight is 315 g/mol. The van der Waals surface area contributed by atoms with Gasteiger partial charge in [-0.05, 0) is 36.6 Å². The highest BCUT2D eigenvalue weighted by Gasteiger charge is 2.13. The Kier molecular flexibility index (Phi) is 6.64. The molecule has 1 aromatic carbocycles. The minimum atomic E-state index is -3.51. The fourth-order valence-corrected chi connectivity index (χ4v) is 2.58. The van der Waals surface area contributed by atoms with Crippen molar-refractivity contribution in [2.75, 3.05) is 13.2 Å². The summed E-state index contributed by atoms with van der Waals surface area (Å²) >= 11 is 0. The molecule has 21 heavy (non-hydrogen) atoms. The summed E-state index contributed by atoms with van der Waals surface area (Å²) in [5.74, 6) is -0.0707. The number of benzene rings is 1. The molecule has 1 aromatic rings. The van der Waals surface area contributed by atoms with E-state index >= 15 is 0 Å². The number of sulfonamides is 1. The standard InChI is InChI=1S/C14H21NO5S/c1-11(2)7-9-15-21(18,19)13-5-3-12(4-6-13)20-10-8-14(16)17/h3-6,11,15H,7-10H2,1-2H3,(H,16,17). The highest BCUT2D eigenvalue weighted by molar-refractivity contribution is 7.89. The number of carboxylic acid groups (broad SMARTS) is 1. The average Bonchev–Trinajstić information content (AvgIpc) is 2.38. The first-order valence-electron chi connectivity index (χ1n) is 6.75. The van der Waals surface area contributed by atoms with Crippen molar-refractivity contribution < 1.29 is 23.1 Å². The molecule has 0 fully saturated rings. The first kappa shape index (κ1) is 17.5. The lowest BCUT2D eigenvalue weighted by atomic mass is 10.1.